The van der Waals surface area contributed by atoms with Crippen LogP contribution in [-0.2, 0) is 9.59 Å². The van der Waals surface area contributed by atoms with Crippen molar-refractivity contribution in [3.63, 3.8) is 0 Å². The summed E-state index contributed by atoms with van der Waals surface area (Å²) in [4.78, 5) is 26.7. The molecule has 1 aliphatic heterocycles. The smallest absolute Gasteiger partial charge is 0.365 e. The van der Waals surface area contributed by atoms with Crippen LogP contribution in [0.3, 0.4) is 0 Å². The summed E-state index contributed by atoms with van der Waals surface area (Å²) in [5.74, 6) is -2.41. The number of nitrogens with one attached hydrogen (secondary N) is 1. The number of hydroxylamine groups is 1. The molecule has 1 unspecified atom stereocenters. The van der Waals surface area contributed by atoms with Crippen LogP contribution in [-0.4, -0.2) is 34.3 Å². The SMILES string of the molecule is Cc1cccc([N+]2([O-])CNC(=O)C(C(=O)O)=N2)c1-c1ccncc1. The molecule has 122 valence electrons. The van der Waals surface area contributed by atoms with E-state index in [4.69, 9.17) is 5.11 Å². The lowest BCUT2D eigenvalue weighted by Gasteiger charge is -2.38. The van der Waals surface area contributed by atoms with E-state index in [9.17, 15) is 14.8 Å². The zero-order valence-corrected chi connectivity index (χ0v) is 12.8. The average Bonchev–Trinajstić information content (AvgIpc) is 2.57. The molecule has 0 aliphatic carbocycles. The van der Waals surface area contributed by atoms with Crippen LogP contribution in [0.25, 0.3) is 11.1 Å². The number of carbonyl (C=O) groups excluding carboxylic acids is 1. The van der Waals surface area contributed by atoms with Gasteiger partial charge in [-0.2, -0.15) is 4.76 Å². The van der Waals surface area contributed by atoms with Gasteiger partial charge in [-0.15, -0.1) is 0 Å². The number of hydrogen-bond donors (Lipinski definition) is 2. The minimum absolute atomic E-state index is 0.250. The van der Waals surface area contributed by atoms with Crippen molar-refractivity contribution in [3.05, 3.63) is 53.5 Å². The number of aromatic nitrogens is 1. The zero-order chi connectivity index (χ0) is 17.3. The minimum Gasteiger partial charge on any atom is -0.598 e. The van der Waals surface area contributed by atoms with Crippen molar-refractivity contribution in [1.29, 1.82) is 0 Å². The Balaban J connectivity index is 2.22. The second-order valence-corrected chi connectivity index (χ2v) is 5.32. The van der Waals surface area contributed by atoms with Crippen LogP contribution in [0.1, 0.15) is 5.56 Å². The molecule has 1 atom stereocenters. The Bertz CT molecular complexity index is 850. The Hall–Kier alpha value is -3.10. The standard InChI is InChI=1S/C16H14N4O4/c1-10-3-2-4-12(13(10)11-5-7-17-8-6-11)20(24)9-18-15(21)14(19-20)16(22)23/h2-8H,9H2,1H3,(H,18,21)(H,22,23). The predicted octanol–water partition coefficient (Wildman–Crippen LogP) is 1.39. The Morgan fingerprint density at radius 1 is 1.29 bits per heavy atom. The first kappa shape index (κ1) is 15.8. The lowest BCUT2D eigenvalue weighted by Crippen LogP contribution is -2.56. The topological polar surface area (TPSA) is 115 Å². The third-order valence-corrected chi connectivity index (χ3v) is 3.73. The molecule has 1 amide bonds. The molecule has 1 aliphatic rings. The third-order valence-electron chi connectivity index (χ3n) is 3.73. The largest absolute Gasteiger partial charge is 0.598 e. The van der Waals surface area contributed by atoms with Crippen LogP contribution < -0.4 is 10.1 Å². The number of rotatable bonds is 3. The lowest BCUT2D eigenvalue weighted by molar-refractivity contribution is -0.131. The van der Waals surface area contributed by atoms with Crippen LogP contribution >= 0.6 is 0 Å². The first-order chi connectivity index (χ1) is 11.4. The Kier molecular flexibility index (Phi) is 3.84. The van der Waals surface area contributed by atoms with Gasteiger partial charge in [0, 0.05) is 24.0 Å². The summed E-state index contributed by atoms with van der Waals surface area (Å²) in [5.41, 5.74) is 1.67. The number of nitrogens with zero attached hydrogens (tertiary/aromatic N) is 3. The quantitative estimate of drug-likeness (QED) is 0.653. The van der Waals surface area contributed by atoms with Crippen molar-refractivity contribution < 1.29 is 14.7 Å². The molecule has 0 spiro atoms. The maximum atomic E-state index is 13.2. The summed E-state index contributed by atoms with van der Waals surface area (Å²) in [7, 11) is 0. The van der Waals surface area contributed by atoms with E-state index in [-0.39, 0.29) is 12.4 Å². The van der Waals surface area contributed by atoms with Crippen molar-refractivity contribution in [2.75, 3.05) is 6.67 Å². The minimum atomic E-state index is -1.54. The number of amides is 1. The molecule has 8 nitrogen and oxygen atoms in total. The highest BCUT2D eigenvalue weighted by Gasteiger charge is 2.36. The molecule has 0 bridgehead atoms. The lowest BCUT2D eigenvalue weighted by atomic mass is 9.99. The summed E-state index contributed by atoms with van der Waals surface area (Å²) in [6.45, 7) is 1.47. The molecular weight excluding hydrogens is 312 g/mol. The molecule has 1 aromatic carbocycles. The van der Waals surface area contributed by atoms with E-state index >= 15 is 0 Å². The van der Waals surface area contributed by atoms with Gasteiger partial charge in [0.15, 0.2) is 12.4 Å². The number of carbonyl (C=O) groups is 2. The Morgan fingerprint density at radius 2 is 2.00 bits per heavy atom. The van der Waals surface area contributed by atoms with Gasteiger partial charge in [-0.05, 0) is 30.2 Å². The summed E-state index contributed by atoms with van der Waals surface area (Å²) in [6, 6.07) is 8.62. The maximum Gasteiger partial charge on any atom is 0.365 e. The Labute approximate surface area is 137 Å². The van der Waals surface area contributed by atoms with E-state index in [0.29, 0.717) is 5.56 Å². The van der Waals surface area contributed by atoms with Crippen LogP contribution in [0.15, 0.2) is 47.8 Å². The second kappa shape index (κ2) is 5.84. The molecule has 0 saturated carbocycles. The van der Waals surface area contributed by atoms with Crippen LogP contribution in [0.4, 0.5) is 5.69 Å². The number of carboxylic acids is 1. The molecule has 0 fully saturated rings. The number of benzene rings is 1. The molecule has 3 rings (SSSR count). The normalized spacial score (nSPS) is 20.2. The van der Waals surface area contributed by atoms with E-state index < -0.39 is 22.3 Å². The van der Waals surface area contributed by atoms with Gasteiger partial charge in [-0.1, -0.05) is 17.2 Å². The van der Waals surface area contributed by atoms with E-state index in [1.807, 2.05) is 13.0 Å². The molecular formula is C16H14N4O4. The fourth-order valence-corrected chi connectivity index (χ4v) is 2.62. The predicted molar refractivity (Wildman–Crippen MR) is 87.7 cm³/mol. The molecule has 24 heavy (non-hydrogen) atoms. The Morgan fingerprint density at radius 3 is 2.67 bits per heavy atom. The maximum absolute atomic E-state index is 13.2. The summed E-state index contributed by atoms with van der Waals surface area (Å²) in [6.07, 6.45) is 3.20. The summed E-state index contributed by atoms with van der Waals surface area (Å²) in [5, 5.41) is 28.2. The van der Waals surface area contributed by atoms with Crippen molar-refractivity contribution in [2.45, 2.75) is 6.92 Å². The molecule has 2 N–H and O–H groups in total. The monoisotopic (exact) mass is 326 g/mol. The van der Waals surface area contributed by atoms with Gasteiger partial charge in [0.05, 0.1) is 0 Å². The van der Waals surface area contributed by atoms with Crippen molar-refractivity contribution in [3.8, 4) is 11.1 Å². The molecule has 0 saturated heterocycles. The highest BCUT2D eigenvalue weighted by molar-refractivity contribution is 6.63. The average molecular weight is 326 g/mol. The molecule has 0 radical (unpaired) electrons. The van der Waals surface area contributed by atoms with E-state index in [1.165, 1.54) is 0 Å². The molecule has 2 aromatic rings. The fourth-order valence-electron chi connectivity index (χ4n) is 2.62. The first-order valence-electron chi connectivity index (χ1n) is 7.14. The van der Waals surface area contributed by atoms with Gasteiger partial charge in [0.25, 0.3) is 11.6 Å². The number of pyridine rings is 1. The van der Waals surface area contributed by atoms with Crippen molar-refractivity contribution in [2.24, 2.45) is 5.10 Å². The first-order valence-corrected chi connectivity index (χ1v) is 7.14. The van der Waals surface area contributed by atoms with Crippen molar-refractivity contribution >= 4 is 23.3 Å². The fraction of sp³-hybridized carbons (Fsp3) is 0.125. The number of aryl methyl sites for hydroxylation is 1. The second-order valence-electron chi connectivity index (χ2n) is 5.32. The van der Waals surface area contributed by atoms with Gasteiger partial charge in [0.1, 0.15) is 0 Å². The highest BCUT2D eigenvalue weighted by Crippen LogP contribution is 2.37. The molecule has 8 heteroatoms. The van der Waals surface area contributed by atoms with Gasteiger partial charge < -0.3 is 15.6 Å². The number of aliphatic carboxylic acids is 1. The van der Waals surface area contributed by atoms with Crippen LogP contribution in [0.5, 0.6) is 0 Å². The van der Waals surface area contributed by atoms with E-state index in [1.54, 1.807) is 36.7 Å². The summed E-state index contributed by atoms with van der Waals surface area (Å²) >= 11 is 0. The molecule has 1 aromatic heterocycles. The molecule has 2 heterocycles. The van der Waals surface area contributed by atoms with E-state index in [0.717, 1.165) is 11.1 Å². The van der Waals surface area contributed by atoms with Gasteiger partial charge >= 0.3 is 5.97 Å². The van der Waals surface area contributed by atoms with Crippen LogP contribution in [0, 0.1) is 12.1 Å². The van der Waals surface area contributed by atoms with Gasteiger partial charge in [-0.25, -0.2) is 4.79 Å². The van der Waals surface area contributed by atoms with Crippen LogP contribution in [0.2, 0.25) is 0 Å². The number of quaternary nitrogens is 1. The number of hydrogen-bond acceptors (Lipinski definition) is 5. The summed E-state index contributed by atoms with van der Waals surface area (Å²) < 4.78 is -1.33. The zero-order valence-electron chi connectivity index (χ0n) is 12.8. The number of carboxylic acid groups (broad SMARTS) is 1. The highest BCUT2D eigenvalue weighted by atomic mass is 16.6. The van der Waals surface area contributed by atoms with E-state index in [2.05, 4.69) is 15.4 Å². The van der Waals surface area contributed by atoms with Gasteiger partial charge in [-0.3, -0.25) is 9.78 Å². The van der Waals surface area contributed by atoms with Gasteiger partial charge in [0.2, 0.25) is 0 Å². The van der Waals surface area contributed by atoms with Crippen molar-refractivity contribution in [1.82, 2.24) is 15.1 Å². The third kappa shape index (κ3) is 2.64.